The van der Waals surface area contributed by atoms with E-state index in [1.54, 1.807) is 0 Å². The molecule has 204 valence electrons. The standard InChI is InChI=1S/C42H25NSe/c1-3-12-30-28(10-1)29-11-2-4-13-31(29)35-16-9-17-36-37-24-26(21-23-39(37)43(42(35)36)38-18-7-5-14-32(30)38)27-20-22-34-33-15-6-8-19-40(33)44-41(34)25-27/h1-25H. The molecule has 0 aliphatic carbocycles. The Labute approximate surface area is 259 Å². The Hall–Kier alpha value is -5.14. The molecule has 10 aromatic rings. The van der Waals surface area contributed by atoms with Crippen molar-refractivity contribution in [2.45, 2.75) is 0 Å². The van der Waals surface area contributed by atoms with Crippen LogP contribution in [0.3, 0.4) is 0 Å². The second kappa shape index (κ2) is 9.18. The van der Waals surface area contributed by atoms with E-state index in [9.17, 15) is 0 Å². The molecule has 0 aliphatic heterocycles. The zero-order valence-electron chi connectivity index (χ0n) is 23.8. The summed E-state index contributed by atoms with van der Waals surface area (Å²) < 4.78 is 5.48. The average Bonchev–Trinajstić information content (AvgIpc) is 3.64. The van der Waals surface area contributed by atoms with Crippen molar-refractivity contribution in [2.75, 3.05) is 0 Å². The van der Waals surface area contributed by atoms with Gasteiger partial charge in [-0.1, -0.05) is 24.3 Å². The molecule has 0 atom stereocenters. The van der Waals surface area contributed by atoms with Crippen LogP contribution < -0.4 is 0 Å². The van der Waals surface area contributed by atoms with Crippen LogP contribution in [-0.2, 0) is 0 Å². The fraction of sp³-hybridized carbons (Fsp3) is 0. The van der Waals surface area contributed by atoms with E-state index in [0.717, 1.165) is 0 Å². The summed E-state index contributed by atoms with van der Waals surface area (Å²) in [6.07, 6.45) is 0. The molecule has 0 aliphatic rings. The van der Waals surface area contributed by atoms with E-state index in [1.165, 1.54) is 90.1 Å². The number of nitrogens with zero attached hydrogens (tertiary/aromatic N) is 1. The first-order chi connectivity index (χ1) is 21.8. The van der Waals surface area contributed by atoms with Crippen molar-refractivity contribution in [3.8, 4) is 11.1 Å². The van der Waals surface area contributed by atoms with Crippen molar-refractivity contribution < 1.29 is 0 Å². The molecule has 3 aromatic heterocycles. The number of rotatable bonds is 1. The molecular weight excluding hydrogens is 597 g/mol. The molecule has 1 nitrogen and oxygen atoms in total. The summed E-state index contributed by atoms with van der Waals surface area (Å²) in [6.45, 7) is 0. The monoisotopic (exact) mass is 623 g/mol. The number of aromatic nitrogens is 1. The average molecular weight is 623 g/mol. The minimum atomic E-state index is 0.345. The molecule has 0 saturated heterocycles. The zero-order valence-corrected chi connectivity index (χ0v) is 25.5. The number of para-hydroxylation sites is 2. The third-order valence-electron chi connectivity index (χ3n) is 9.37. The number of hydrogen-bond acceptors (Lipinski definition) is 0. The molecule has 0 spiro atoms. The van der Waals surface area contributed by atoms with Crippen molar-refractivity contribution >= 4 is 93.4 Å². The van der Waals surface area contributed by atoms with Crippen LogP contribution in [0.25, 0.3) is 90.1 Å². The van der Waals surface area contributed by atoms with Gasteiger partial charge in [0.1, 0.15) is 0 Å². The maximum absolute atomic E-state index is 2.51. The topological polar surface area (TPSA) is 4.41 Å². The molecular formula is C42H25NSe. The Morgan fingerprint density at radius 2 is 0.818 bits per heavy atom. The molecule has 0 unspecified atom stereocenters. The van der Waals surface area contributed by atoms with Crippen LogP contribution in [0.2, 0.25) is 0 Å². The van der Waals surface area contributed by atoms with Crippen LogP contribution in [-0.4, -0.2) is 18.9 Å². The van der Waals surface area contributed by atoms with Crippen LogP contribution in [0.1, 0.15) is 0 Å². The van der Waals surface area contributed by atoms with Crippen molar-refractivity contribution in [1.82, 2.24) is 4.40 Å². The van der Waals surface area contributed by atoms with Gasteiger partial charge in [-0.2, -0.15) is 0 Å². The fourth-order valence-electron chi connectivity index (χ4n) is 7.42. The van der Waals surface area contributed by atoms with Gasteiger partial charge >= 0.3 is 236 Å². The van der Waals surface area contributed by atoms with Gasteiger partial charge in [-0.3, -0.25) is 0 Å². The van der Waals surface area contributed by atoms with Gasteiger partial charge in [0.05, 0.1) is 0 Å². The van der Waals surface area contributed by atoms with E-state index in [-0.39, 0.29) is 0 Å². The van der Waals surface area contributed by atoms with Crippen LogP contribution >= 0.6 is 0 Å². The van der Waals surface area contributed by atoms with Crippen LogP contribution in [0.15, 0.2) is 152 Å². The summed E-state index contributed by atoms with van der Waals surface area (Å²) in [5.74, 6) is 0. The predicted octanol–water partition coefficient (Wildman–Crippen LogP) is 11.3. The first-order valence-corrected chi connectivity index (χ1v) is 16.8. The van der Waals surface area contributed by atoms with Crippen molar-refractivity contribution in [1.29, 1.82) is 0 Å². The van der Waals surface area contributed by atoms with Crippen molar-refractivity contribution in [2.24, 2.45) is 0 Å². The fourth-order valence-corrected chi connectivity index (χ4v) is 9.83. The number of hydrogen-bond donors (Lipinski definition) is 0. The first-order valence-electron chi connectivity index (χ1n) is 15.1. The summed E-state index contributed by atoms with van der Waals surface area (Å²) in [4.78, 5) is 0. The van der Waals surface area contributed by atoms with Gasteiger partial charge in [0, 0.05) is 0 Å². The first kappa shape index (κ1) is 24.3. The zero-order chi connectivity index (χ0) is 28.8. The summed E-state index contributed by atoms with van der Waals surface area (Å²) in [5.41, 5.74) is 6.27. The summed E-state index contributed by atoms with van der Waals surface area (Å²) in [5, 5.41) is 13.0. The quantitative estimate of drug-likeness (QED) is 0.161. The van der Waals surface area contributed by atoms with Gasteiger partial charge < -0.3 is 0 Å². The second-order valence-electron chi connectivity index (χ2n) is 11.7. The molecule has 44 heavy (non-hydrogen) atoms. The Bertz CT molecular complexity index is 2830. The SMILES string of the molecule is c1ccc2c(c1)[se]c1cc(-c3ccc4c(c3)c3cccc5c6ccccc6c6ccccc6c6ccccc6n4c53)ccc12. The van der Waals surface area contributed by atoms with Crippen LogP contribution in [0, 0.1) is 0 Å². The maximum atomic E-state index is 2.51. The van der Waals surface area contributed by atoms with E-state index >= 15 is 0 Å². The molecule has 0 radical (unpaired) electrons. The normalized spacial score (nSPS) is 12.1. The molecule has 10 rings (SSSR count). The second-order valence-corrected chi connectivity index (χ2v) is 14.0. The van der Waals surface area contributed by atoms with Gasteiger partial charge in [-0.05, 0) is 0 Å². The van der Waals surface area contributed by atoms with E-state index < -0.39 is 0 Å². The van der Waals surface area contributed by atoms with Gasteiger partial charge in [-0.15, -0.1) is 0 Å². The van der Waals surface area contributed by atoms with E-state index in [1.807, 2.05) is 0 Å². The Morgan fingerprint density at radius 3 is 1.59 bits per heavy atom. The number of benzene rings is 7. The predicted molar refractivity (Wildman–Crippen MR) is 191 cm³/mol. The van der Waals surface area contributed by atoms with E-state index in [4.69, 9.17) is 0 Å². The summed E-state index contributed by atoms with van der Waals surface area (Å²) in [6, 6.07) is 56.5. The Balaban J connectivity index is 1.38. The van der Waals surface area contributed by atoms with Gasteiger partial charge in [0.25, 0.3) is 0 Å². The Morgan fingerprint density at radius 1 is 0.318 bits per heavy atom. The molecule has 2 heteroatoms. The minimum absolute atomic E-state index is 0.345. The Kier molecular flexibility index (Phi) is 5.07. The van der Waals surface area contributed by atoms with E-state index in [0.29, 0.717) is 14.5 Å². The summed E-state index contributed by atoms with van der Waals surface area (Å²) >= 11 is 0.345. The van der Waals surface area contributed by atoms with Gasteiger partial charge in [0.15, 0.2) is 0 Å². The van der Waals surface area contributed by atoms with Crippen LogP contribution in [0.4, 0.5) is 0 Å². The third kappa shape index (κ3) is 3.35. The molecule has 0 N–H and O–H groups in total. The van der Waals surface area contributed by atoms with Gasteiger partial charge in [-0.25, -0.2) is 0 Å². The van der Waals surface area contributed by atoms with Crippen molar-refractivity contribution in [3.63, 3.8) is 0 Å². The number of fused-ring (bicyclic) bond motifs is 13. The van der Waals surface area contributed by atoms with Crippen molar-refractivity contribution in [3.05, 3.63) is 152 Å². The molecule has 0 saturated carbocycles. The molecule has 3 heterocycles. The van der Waals surface area contributed by atoms with E-state index in [2.05, 4.69) is 156 Å². The molecule has 0 fully saturated rings. The summed E-state index contributed by atoms with van der Waals surface area (Å²) in [7, 11) is 0. The third-order valence-corrected chi connectivity index (χ3v) is 11.7. The molecule has 7 aromatic carbocycles. The van der Waals surface area contributed by atoms with Gasteiger partial charge in [0.2, 0.25) is 0 Å². The van der Waals surface area contributed by atoms with Crippen LogP contribution in [0.5, 0.6) is 0 Å². The molecule has 0 amide bonds. The molecule has 0 bridgehead atoms.